The standard InChI is InChI=1S/C11H15N5O4S/c1-6(12-2)4-14-21(19,20)7-3-8-9(13-5-7)15-11(18)16-10(8)17/h3,5-6,12,14H,4H2,1-2H3,(H2,13,15,16,17,18). The molecule has 0 aliphatic heterocycles. The zero-order valence-corrected chi connectivity index (χ0v) is 12.2. The highest BCUT2D eigenvalue weighted by atomic mass is 32.2. The van der Waals surface area contributed by atoms with Crippen LogP contribution < -0.4 is 21.3 Å². The van der Waals surface area contributed by atoms with Gasteiger partial charge in [-0.2, -0.15) is 0 Å². The molecule has 2 rings (SSSR count). The Balaban J connectivity index is 2.43. The Morgan fingerprint density at radius 2 is 2.05 bits per heavy atom. The Bertz CT molecular complexity index is 870. The predicted octanol–water partition coefficient (Wildman–Crippen LogP) is -1.50. The van der Waals surface area contributed by atoms with Crippen LogP contribution in [0.1, 0.15) is 6.92 Å². The van der Waals surface area contributed by atoms with E-state index in [-0.39, 0.29) is 28.5 Å². The molecule has 0 saturated carbocycles. The molecule has 0 radical (unpaired) electrons. The molecule has 21 heavy (non-hydrogen) atoms. The lowest BCUT2D eigenvalue weighted by molar-refractivity contribution is 0.554. The van der Waals surface area contributed by atoms with Gasteiger partial charge < -0.3 is 5.32 Å². The molecule has 4 N–H and O–H groups in total. The van der Waals surface area contributed by atoms with Crippen molar-refractivity contribution in [3.63, 3.8) is 0 Å². The summed E-state index contributed by atoms with van der Waals surface area (Å²) in [4.78, 5) is 30.8. The van der Waals surface area contributed by atoms with E-state index < -0.39 is 21.3 Å². The topological polar surface area (TPSA) is 137 Å². The van der Waals surface area contributed by atoms with E-state index >= 15 is 0 Å². The molecule has 2 aromatic rings. The smallest absolute Gasteiger partial charge is 0.316 e. The second-order valence-electron chi connectivity index (χ2n) is 4.52. The lowest BCUT2D eigenvalue weighted by Gasteiger charge is -2.11. The minimum absolute atomic E-state index is 0.000796. The molecule has 0 bridgehead atoms. The van der Waals surface area contributed by atoms with Crippen molar-refractivity contribution in [2.45, 2.75) is 17.9 Å². The maximum absolute atomic E-state index is 12.1. The van der Waals surface area contributed by atoms with Crippen LogP contribution in [0.15, 0.2) is 26.7 Å². The molecule has 114 valence electrons. The summed E-state index contributed by atoms with van der Waals surface area (Å²) in [5, 5.41) is 2.90. The first-order chi connectivity index (χ1) is 9.83. The molecule has 0 aliphatic rings. The molecule has 2 aromatic heterocycles. The molecule has 1 atom stereocenters. The predicted molar refractivity (Wildman–Crippen MR) is 76.7 cm³/mol. The van der Waals surface area contributed by atoms with Crippen molar-refractivity contribution in [3.8, 4) is 0 Å². The maximum atomic E-state index is 12.1. The quantitative estimate of drug-likeness (QED) is 0.530. The van der Waals surface area contributed by atoms with Crippen LogP contribution in [0.4, 0.5) is 0 Å². The summed E-state index contributed by atoms with van der Waals surface area (Å²) in [7, 11) is -2.07. The number of nitrogens with one attached hydrogen (secondary N) is 4. The zero-order chi connectivity index (χ0) is 15.6. The average molecular weight is 313 g/mol. The third-order valence-corrected chi connectivity index (χ3v) is 4.34. The number of aromatic amines is 2. The first-order valence-electron chi connectivity index (χ1n) is 6.13. The number of rotatable bonds is 5. The number of hydrogen-bond acceptors (Lipinski definition) is 6. The van der Waals surface area contributed by atoms with Gasteiger partial charge in [0.1, 0.15) is 10.5 Å². The normalized spacial score (nSPS) is 13.4. The molecular weight excluding hydrogens is 298 g/mol. The minimum atomic E-state index is -3.78. The first-order valence-corrected chi connectivity index (χ1v) is 7.61. The first kappa shape index (κ1) is 15.4. The second kappa shape index (κ2) is 5.76. The Hall–Kier alpha value is -2.04. The third-order valence-electron chi connectivity index (χ3n) is 2.95. The number of sulfonamides is 1. The molecule has 1 unspecified atom stereocenters. The molecule has 0 fully saturated rings. The summed E-state index contributed by atoms with van der Waals surface area (Å²) < 4.78 is 26.6. The van der Waals surface area contributed by atoms with Gasteiger partial charge in [-0.25, -0.2) is 22.9 Å². The van der Waals surface area contributed by atoms with Crippen LogP contribution in [0.25, 0.3) is 11.0 Å². The summed E-state index contributed by atoms with van der Waals surface area (Å²) >= 11 is 0. The lowest BCUT2D eigenvalue weighted by atomic mass is 10.3. The summed E-state index contributed by atoms with van der Waals surface area (Å²) in [5.41, 5.74) is -1.36. The molecule has 0 saturated heterocycles. The molecule has 0 spiro atoms. The highest BCUT2D eigenvalue weighted by molar-refractivity contribution is 7.89. The van der Waals surface area contributed by atoms with Crippen molar-refractivity contribution in [2.24, 2.45) is 0 Å². The monoisotopic (exact) mass is 313 g/mol. The molecule has 2 heterocycles. The van der Waals surface area contributed by atoms with Gasteiger partial charge in [-0.3, -0.25) is 14.8 Å². The number of H-pyrrole nitrogens is 2. The Kier molecular flexibility index (Phi) is 4.21. The van der Waals surface area contributed by atoms with Gasteiger partial charge in [0.15, 0.2) is 0 Å². The van der Waals surface area contributed by atoms with E-state index in [0.29, 0.717) is 0 Å². The lowest BCUT2D eigenvalue weighted by Crippen LogP contribution is -2.37. The second-order valence-corrected chi connectivity index (χ2v) is 6.28. The molecular formula is C11H15N5O4S. The maximum Gasteiger partial charge on any atom is 0.327 e. The molecule has 0 amide bonds. The van der Waals surface area contributed by atoms with Crippen LogP contribution in [-0.2, 0) is 10.0 Å². The number of likely N-dealkylation sites (N-methyl/N-ethyl adjacent to an activating group) is 1. The SMILES string of the molecule is CNC(C)CNS(=O)(=O)c1cnc2[nH]c(=O)[nH]c(=O)c2c1. The largest absolute Gasteiger partial charge is 0.327 e. The van der Waals surface area contributed by atoms with Crippen LogP contribution >= 0.6 is 0 Å². The summed E-state index contributed by atoms with van der Waals surface area (Å²) in [6.07, 6.45) is 1.09. The van der Waals surface area contributed by atoms with Crippen molar-refractivity contribution >= 4 is 21.1 Å². The summed E-state index contributed by atoms with van der Waals surface area (Å²) in [6.45, 7) is 2.01. The highest BCUT2D eigenvalue weighted by Crippen LogP contribution is 2.11. The van der Waals surface area contributed by atoms with E-state index in [0.717, 1.165) is 6.20 Å². The molecule has 9 nitrogen and oxygen atoms in total. The molecule has 10 heteroatoms. The van der Waals surface area contributed by atoms with Gasteiger partial charge >= 0.3 is 5.69 Å². The number of aromatic nitrogens is 3. The van der Waals surface area contributed by atoms with Crippen LogP contribution in [0.2, 0.25) is 0 Å². The van der Waals surface area contributed by atoms with Gasteiger partial charge in [0.05, 0.1) is 5.39 Å². The van der Waals surface area contributed by atoms with Gasteiger partial charge in [-0.1, -0.05) is 0 Å². The Labute approximate surface area is 119 Å². The van der Waals surface area contributed by atoms with Crippen LogP contribution in [-0.4, -0.2) is 43.0 Å². The van der Waals surface area contributed by atoms with Gasteiger partial charge in [-0.05, 0) is 20.0 Å². The van der Waals surface area contributed by atoms with Gasteiger partial charge in [-0.15, -0.1) is 0 Å². The van der Waals surface area contributed by atoms with Gasteiger partial charge in [0.2, 0.25) is 10.0 Å². The average Bonchev–Trinajstić information content (AvgIpc) is 2.44. The van der Waals surface area contributed by atoms with Crippen molar-refractivity contribution in [1.29, 1.82) is 0 Å². The van der Waals surface area contributed by atoms with Crippen LogP contribution in [0, 0.1) is 0 Å². The number of hydrogen-bond donors (Lipinski definition) is 4. The third kappa shape index (κ3) is 3.35. The van der Waals surface area contributed by atoms with E-state index in [1.54, 1.807) is 7.05 Å². The fraction of sp³-hybridized carbons (Fsp3) is 0.364. The van der Waals surface area contributed by atoms with Crippen molar-refractivity contribution in [2.75, 3.05) is 13.6 Å². The van der Waals surface area contributed by atoms with E-state index in [1.807, 2.05) is 11.9 Å². The zero-order valence-electron chi connectivity index (χ0n) is 11.4. The van der Waals surface area contributed by atoms with Crippen molar-refractivity contribution in [3.05, 3.63) is 33.1 Å². The molecule has 0 aromatic carbocycles. The van der Waals surface area contributed by atoms with Crippen LogP contribution in [0.3, 0.4) is 0 Å². The highest BCUT2D eigenvalue weighted by Gasteiger charge is 2.17. The Morgan fingerprint density at radius 3 is 2.71 bits per heavy atom. The minimum Gasteiger partial charge on any atom is -0.316 e. The van der Waals surface area contributed by atoms with Crippen molar-refractivity contribution < 1.29 is 8.42 Å². The van der Waals surface area contributed by atoms with E-state index in [2.05, 4.69) is 20.0 Å². The Morgan fingerprint density at radius 1 is 1.33 bits per heavy atom. The van der Waals surface area contributed by atoms with Gasteiger partial charge in [0.25, 0.3) is 5.56 Å². The van der Waals surface area contributed by atoms with Crippen molar-refractivity contribution in [1.82, 2.24) is 25.0 Å². The number of fused-ring (bicyclic) bond motifs is 1. The number of nitrogens with zero attached hydrogens (tertiary/aromatic N) is 1. The van der Waals surface area contributed by atoms with E-state index in [4.69, 9.17) is 0 Å². The summed E-state index contributed by atoms with van der Waals surface area (Å²) in [5.74, 6) is 0. The fourth-order valence-electron chi connectivity index (χ4n) is 1.59. The number of pyridine rings is 1. The van der Waals surface area contributed by atoms with E-state index in [1.165, 1.54) is 6.07 Å². The summed E-state index contributed by atoms with van der Waals surface area (Å²) in [6, 6.07) is 1.12. The molecule has 0 aliphatic carbocycles. The fourth-order valence-corrected chi connectivity index (χ4v) is 2.70. The van der Waals surface area contributed by atoms with Gasteiger partial charge in [0, 0.05) is 18.8 Å². The van der Waals surface area contributed by atoms with E-state index in [9.17, 15) is 18.0 Å². The van der Waals surface area contributed by atoms with Crippen LogP contribution in [0.5, 0.6) is 0 Å².